The van der Waals surface area contributed by atoms with E-state index in [2.05, 4.69) is 0 Å². The van der Waals surface area contributed by atoms with Crippen LogP contribution in [-0.4, -0.2) is 0 Å². The summed E-state index contributed by atoms with van der Waals surface area (Å²) in [5, 5.41) is 1.94. The van der Waals surface area contributed by atoms with E-state index in [1.54, 1.807) is 23.5 Å². The van der Waals surface area contributed by atoms with Crippen LogP contribution in [0.15, 0.2) is 41.8 Å². The summed E-state index contributed by atoms with van der Waals surface area (Å²) < 4.78 is 38.2. The van der Waals surface area contributed by atoms with Crippen LogP contribution in [0.4, 0.5) is 13.2 Å². The van der Waals surface area contributed by atoms with E-state index in [9.17, 15) is 13.2 Å². The highest BCUT2D eigenvalue weighted by atomic mass is 32.1. The maximum absolute atomic E-state index is 12.7. The molecular weight excluding hydrogens is 245 g/mol. The van der Waals surface area contributed by atoms with Crippen molar-refractivity contribution in [3.63, 3.8) is 0 Å². The molecule has 0 unspecified atom stereocenters. The fraction of sp³-hybridized carbons (Fsp3) is 0.231. The molecule has 1 aromatic heterocycles. The third-order valence-electron chi connectivity index (χ3n) is 2.54. The summed E-state index contributed by atoms with van der Waals surface area (Å²) in [5.41, 5.74) is -0.148. The highest BCUT2D eigenvalue weighted by Gasteiger charge is 2.32. The first-order valence-corrected chi connectivity index (χ1v) is 6.13. The molecule has 0 radical (unpaired) electrons. The third kappa shape index (κ3) is 3.09. The summed E-state index contributed by atoms with van der Waals surface area (Å²) in [7, 11) is 0. The molecule has 2 rings (SSSR count). The minimum absolute atomic E-state index is 0.369. The number of alkyl halides is 3. The molecule has 0 aliphatic rings. The quantitative estimate of drug-likeness (QED) is 0.755. The number of aryl methyl sites for hydroxylation is 2. The van der Waals surface area contributed by atoms with Gasteiger partial charge in [-0.2, -0.15) is 13.2 Å². The molecule has 0 saturated heterocycles. The lowest BCUT2D eigenvalue weighted by Crippen LogP contribution is -2.09. The zero-order valence-electron chi connectivity index (χ0n) is 9.00. The highest BCUT2D eigenvalue weighted by Crippen LogP contribution is 2.32. The molecule has 0 fully saturated rings. The van der Waals surface area contributed by atoms with E-state index in [0.29, 0.717) is 18.4 Å². The van der Waals surface area contributed by atoms with Crippen molar-refractivity contribution in [2.24, 2.45) is 0 Å². The normalized spacial score (nSPS) is 11.7. The van der Waals surface area contributed by atoms with Gasteiger partial charge >= 0.3 is 6.18 Å². The van der Waals surface area contributed by atoms with E-state index < -0.39 is 11.7 Å². The number of halogens is 3. The third-order valence-corrected chi connectivity index (χ3v) is 3.48. The average molecular weight is 256 g/mol. The van der Waals surface area contributed by atoms with Gasteiger partial charge in [0.15, 0.2) is 0 Å². The second kappa shape index (κ2) is 4.92. The van der Waals surface area contributed by atoms with Gasteiger partial charge in [-0.25, -0.2) is 0 Å². The molecule has 17 heavy (non-hydrogen) atoms. The molecule has 0 amide bonds. The smallest absolute Gasteiger partial charge is 0.166 e. The molecule has 1 heterocycles. The van der Waals surface area contributed by atoms with Gasteiger partial charge in [0.25, 0.3) is 0 Å². The van der Waals surface area contributed by atoms with Gasteiger partial charge < -0.3 is 0 Å². The Morgan fingerprint density at radius 2 is 1.71 bits per heavy atom. The van der Waals surface area contributed by atoms with E-state index in [4.69, 9.17) is 0 Å². The minimum atomic E-state index is -4.26. The van der Waals surface area contributed by atoms with Gasteiger partial charge in [-0.15, -0.1) is 11.3 Å². The Morgan fingerprint density at radius 3 is 2.35 bits per heavy atom. The predicted molar refractivity (Wildman–Crippen MR) is 63.2 cm³/mol. The number of hydrogen-bond acceptors (Lipinski definition) is 1. The lowest BCUT2D eigenvalue weighted by Gasteiger charge is -2.11. The zero-order chi connectivity index (χ0) is 12.3. The first-order chi connectivity index (χ1) is 8.07. The molecule has 0 nitrogen and oxygen atoms in total. The zero-order valence-corrected chi connectivity index (χ0v) is 9.81. The summed E-state index contributed by atoms with van der Waals surface area (Å²) >= 11 is 1.57. The van der Waals surface area contributed by atoms with E-state index >= 15 is 0 Å². The fourth-order valence-corrected chi connectivity index (χ4v) is 2.44. The fourth-order valence-electron chi connectivity index (χ4n) is 1.73. The van der Waals surface area contributed by atoms with E-state index in [1.807, 2.05) is 17.5 Å². The number of benzene rings is 1. The van der Waals surface area contributed by atoms with Gasteiger partial charge in [-0.3, -0.25) is 0 Å². The van der Waals surface area contributed by atoms with Crippen LogP contribution in [0.25, 0.3) is 0 Å². The topological polar surface area (TPSA) is 0 Å². The molecule has 1 aromatic carbocycles. The van der Waals surface area contributed by atoms with E-state index in [0.717, 1.165) is 10.9 Å². The largest absolute Gasteiger partial charge is 0.416 e. The Bertz CT molecular complexity index is 472. The molecule has 0 aliphatic carbocycles. The molecule has 0 aliphatic heterocycles. The molecule has 0 N–H and O–H groups in total. The van der Waals surface area contributed by atoms with Gasteiger partial charge in [0.05, 0.1) is 5.56 Å². The molecule has 0 saturated carbocycles. The SMILES string of the molecule is FC(F)(F)c1ccccc1CCc1cccs1. The molecule has 90 valence electrons. The summed E-state index contributed by atoms with van der Waals surface area (Å²) in [5.74, 6) is 0. The van der Waals surface area contributed by atoms with Crippen molar-refractivity contribution in [1.82, 2.24) is 0 Å². The lowest BCUT2D eigenvalue weighted by molar-refractivity contribution is -0.138. The molecule has 0 atom stereocenters. The predicted octanol–water partition coefficient (Wildman–Crippen LogP) is 4.55. The highest BCUT2D eigenvalue weighted by molar-refractivity contribution is 7.09. The monoisotopic (exact) mass is 256 g/mol. The molecular formula is C13H11F3S. The van der Waals surface area contributed by atoms with Crippen LogP contribution in [-0.2, 0) is 19.0 Å². The summed E-state index contributed by atoms with van der Waals surface area (Å²) in [6.07, 6.45) is -3.17. The van der Waals surface area contributed by atoms with Crippen molar-refractivity contribution in [3.05, 3.63) is 57.8 Å². The van der Waals surface area contributed by atoms with Crippen LogP contribution < -0.4 is 0 Å². The molecule has 0 bridgehead atoms. The maximum atomic E-state index is 12.7. The first-order valence-electron chi connectivity index (χ1n) is 5.25. The van der Waals surface area contributed by atoms with Crippen molar-refractivity contribution < 1.29 is 13.2 Å². The number of hydrogen-bond donors (Lipinski definition) is 0. The van der Waals surface area contributed by atoms with Crippen LogP contribution in [0.1, 0.15) is 16.0 Å². The molecule has 4 heteroatoms. The van der Waals surface area contributed by atoms with Crippen molar-refractivity contribution in [3.8, 4) is 0 Å². The van der Waals surface area contributed by atoms with Gasteiger partial charge in [-0.05, 0) is 35.9 Å². The van der Waals surface area contributed by atoms with Gasteiger partial charge in [0.1, 0.15) is 0 Å². The van der Waals surface area contributed by atoms with E-state index in [-0.39, 0.29) is 0 Å². The van der Waals surface area contributed by atoms with Crippen molar-refractivity contribution in [2.75, 3.05) is 0 Å². The molecule has 0 spiro atoms. The second-order valence-corrected chi connectivity index (χ2v) is 4.77. The van der Waals surface area contributed by atoms with Gasteiger partial charge in [0.2, 0.25) is 0 Å². The minimum Gasteiger partial charge on any atom is -0.166 e. The lowest BCUT2D eigenvalue weighted by atomic mass is 10.0. The molecule has 2 aromatic rings. The van der Waals surface area contributed by atoms with E-state index in [1.165, 1.54) is 6.07 Å². The average Bonchev–Trinajstić information content (AvgIpc) is 2.78. The van der Waals surface area contributed by atoms with Crippen molar-refractivity contribution in [2.45, 2.75) is 19.0 Å². The summed E-state index contributed by atoms with van der Waals surface area (Å²) in [4.78, 5) is 1.11. The Morgan fingerprint density at radius 1 is 0.941 bits per heavy atom. The summed E-state index contributed by atoms with van der Waals surface area (Å²) in [6.45, 7) is 0. The Labute approximate surface area is 102 Å². The number of thiophene rings is 1. The Balaban J connectivity index is 2.16. The summed E-state index contributed by atoms with van der Waals surface area (Å²) in [6, 6.07) is 9.63. The van der Waals surface area contributed by atoms with Crippen LogP contribution in [0.2, 0.25) is 0 Å². The maximum Gasteiger partial charge on any atom is 0.416 e. The van der Waals surface area contributed by atoms with Crippen molar-refractivity contribution in [1.29, 1.82) is 0 Å². The van der Waals surface area contributed by atoms with Crippen molar-refractivity contribution >= 4 is 11.3 Å². The first kappa shape index (κ1) is 12.2. The Kier molecular flexibility index (Phi) is 3.52. The van der Waals surface area contributed by atoms with Gasteiger partial charge in [0, 0.05) is 4.88 Å². The van der Waals surface area contributed by atoms with Crippen LogP contribution in [0.5, 0.6) is 0 Å². The second-order valence-electron chi connectivity index (χ2n) is 3.73. The van der Waals surface area contributed by atoms with Crippen LogP contribution in [0, 0.1) is 0 Å². The van der Waals surface area contributed by atoms with Gasteiger partial charge in [-0.1, -0.05) is 24.3 Å². The Hall–Kier alpha value is -1.29. The van der Waals surface area contributed by atoms with Crippen LogP contribution in [0.3, 0.4) is 0 Å². The standard InChI is InChI=1S/C13H11F3S/c14-13(15,16)12-6-2-1-4-10(12)7-8-11-5-3-9-17-11/h1-6,9H,7-8H2. The van der Waals surface area contributed by atoms with Crippen LogP contribution >= 0.6 is 11.3 Å². The number of rotatable bonds is 3.